The van der Waals surface area contributed by atoms with E-state index in [1.165, 1.54) is 0 Å². The highest BCUT2D eigenvalue weighted by molar-refractivity contribution is 5.79. The van der Waals surface area contributed by atoms with Crippen LogP contribution in [0.15, 0.2) is 24.3 Å². The molecule has 1 aliphatic carbocycles. The van der Waals surface area contributed by atoms with Gasteiger partial charge in [0.05, 0.1) is 26.3 Å². The number of aryl methyl sites for hydroxylation is 1. The van der Waals surface area contributed by atoms with E-state index in [0.717, 1.165) is 42.2 Å². The number of amides is 1. The van der Waals surface area contributed by atoms with E-state index in [4.69, 9.17) is 19.2 Å². The Labute approximate surface area is 177 Å². The average Bonchev–Trinajstić information content (AvgIpc) is 3.53. The molecule has 4 rings (SSSR count). The predicted molar refractivity (Wildman–Crippen MR) is 110 cm³/mol. The number of hydrogen-bond acceptors (Lipinski definition) is 6. The number of morpholine rings is 1. The predicted octanol–water partition coefficient (Wildman–Crippen LogP) is 2.69. The summed E-state index contributed by atoms with van der Waals surface area (Å²) in [5, 5.41) is 4.66. The molecule has 2 atom stereocenters. The number of carbonyl (C=O) groups excluding carboxylic acids is 1. The summed E-state index contributed by atoms with van der Waals surface area (Å²) in [5.74, 6) is 2.34. The fraction of sp³-hybridized carbons (Fsp3) is 0.591. The van der Waals surface area contributed by atoms with Gasteiger partial charge in [0.25, 0.3) is 0 Å². The molecule has 0 bridgehead atoms. The number of nitrogens with zero attached hydrogens (tertiary/aromatic N) is 4. The molecule has 0 spiro atoms. The van der Waals surface area contributed by atoms with E-state index in [0.29, 0.717) is 19.8 Å². The molecule has 0 unspecified atom stereocenters. The first-order valence-corrected chi connectivity index (χ1v) is 10.7. The average molecular weight is 415 g/mol. The van der Waals surface area contributed by atoms with Crippen molar-refractivity contribution in [2.24, 2.45) is 0 Å². The molecular formula is C22H30N4O4. The normalized spacial score (nSPS) is 21.8. The van der Waals surface area contributed by atoms with Crippen molar-refractivity contribution in [2.45, 2.75) is 57.8 Å². The van der Waals surface area contributed by atoms with Gasteiger partial charge in [-0.15, -0.1) is 0 Å². The number of methoxy groups -OCH3 is 1. The maximum absolute atomic E-state index is 12.8. The second-order valence-electron chi connectivity index (χ2n) is 7.64. The summed E-state index contributed by atoms with van der Waals surface area (Å²) in [7, 11) is 1.65. The summed E-state index contributed by atoms with van der Waals surface area (Å²) in [4.78, 5) is 19.6. The molecule has 1 amide bonds. The second-order valence-corrected chi connectivity index (χ2v) is 7.64. The van der Waals surface area contributed by atoms with Gasteiger partial charge in [-0.2, -0.15) is 5.10 Å². The zero-order valence-electron chi connectivity index (χ0n) is 17.9. The van der Waals surface area contributed by atoms with Gasteiger partial charge in [0.2, 0.25) is 5.91 Å². The van der Waals surface area contributed by atoms with Crippen LogP contribution in [0.1, 0.15) is 56.0 Å². The Morgan fingerprint density at radius 3 is 2.60 bits per heavy atom. The zero-order chi connectivity index (χ0) is 21.1. The SMILES string of the molecule is CCOCCn1nc(CC)nc1[C@H]1OCC(=O)N(C2CC2)[C@@H]1c1ccc(OC)cc1. The van der Waals surface area contributed by atoms with Crippen LogP contribution in [0.4, 0.5) is 0 Å². The molecule has 30 heavy (non-hydrogen) atoms. The Bertz CT molecular complexity index is 863. The minimum Gasteiger partial charge on any atom is -0.497 e. The molecule has 8 heteroatoms. The van der Waals surface area contributed by atoms with Gasteiger partial charge in [0.15, 0.2) is 11.6 Å². The van der Waals surface area contributed by atoms with Crippen molar-refractivity contribution in [3.8, 4) is 5.75 Å². The third-order valence-corrected chi connectivity index (χ3v) is 5.62. The monoisotopic (exact) mass is 414 g/mol. The second kappa shape index (κ2) is 9.14. The van der Waals surface area contributed by atoms with Crippen LogP contribution >= 0.6 is 0 Å². The highest BCUT2D eigenvalue weighted by atomic mass is 16.5. The fourth-order valence-electron chi connectivity index (χ4n) is 3.99. The van der Waals surface area contributed by atoms with E-state index in [-0.39, 0.29) is 30.7 Å². The van der Waals surface area contributed by atoms with Gasteiger partial charge in [-0.1, -0.05) is 19.1 Å². The quantitative estimate of drug-likeness (QED) is 0.587. The summed E-state index contributed by atoms with van der Waals surface area (Å²) >= 11 is 0. The Morgan fingerprint density at radius 2 is 1.97 bits per heavy atom. The maximum atomic E-state index is 12.8. The van der Waals surface area contributed by atoms with Crippen LogP contribution < -0.4 is 4.74 Å². The minimum absolute atomic E-state index is 0.0330. The van der Waals surface area contributed by atoms with E-state index in [1.54, 1.807) is 7.11 Å². The van der Waals surface area contributed by atoms with Crippen molar-refractivity contribution in [1.29, 1.82) is 0 Å². The number of rotatable bonds is 9. The van der Waals surface area contributed by atoms with Crippen LogP contribution in [0, 0.1) is 0 Å². The highest BCUT2D eigenvalue weighted by Gasteiger charge is 2.47. The Hall–Kier alpha value is -2.45. The van der Waals surface area contributed by atoms with Gasteiger partial charge < -0.3 is 19.1 Å². The van der Waals surface area contributed by atoms with Gasteiger partial charge in [-0.3, -0.25) is 4.79 Å². The molecule has 2 aromatic rings. The molecule has 2 aliphatic rings. The lowest BCUT2D eigenvalue weighted by Gasteiger charge is -2.41. The van der Waals surface area contributed by atoms with E-state index in [2.05, 4.69) is 5.10 Å². The van der Waals surface area contributed by atoms with Crippen molar-refractivity contribution < 1.29 is 19.0 Å². The van der Waals surface area contributed by atoms with Gasteiger partial charge in [0.1, 0.15) is 18.5 Å². The highest BCUT2D eigenvalue weighted by Crippen LogP contribution is 2.45. The topological polar surface area (TPSA) is 78.7 Å². The molecule has 1 aromatic carbocycles. The number of hydrogen-bond donors (Lipinski definition) is 0. The Balaban J connectivity index is 1.72. The van der Waals surface area contributed by atoms with Gasteiger partial charge in [-0.05, 0) is 37.5 Å². The summed E-state index contributed by atoms with van der Waals surface area (Å²) in [6.07, 6.45) is 2.41. The number of ether oxygens (including phenoxy) is 3. The van der Waals surface area contributed by atoms with Crippen molar-refractivity contribution in [3.63, 3.8) is 0 Å². The summed E-state index contributed by atoms with van der Waals surface area (Å²) < 4.78 is 18.9. The Morgan fingerprint density at radius 1 is 1.20 bits per heavy atom. The fourth-order valence-corrected chi connectivity index (χ4v) is 3.99. The van der Waals surface area contributed by atoms with Crippen molar-refractivity contribution >= 4 is 5.91 Å². The van der Waals surface area contributed by atoms with E-state index >= 15 is 0 Å². The van der Waals surface area contributed by atoms with Crippen LogP contribution in [0.2, 0.25) is 0 Å². The smallest absolute Gasteiger partial charge is 0.249 e. The first-order valence-electron chi connectivity index (χ1n) is 10.7. The third kappa shape index (κ3) is 4.20. The summed E-state index contributed by atoms with van der Waals surface area (Å²) in [6, 6.07) is 7.89. The van der Waals surface area contributed by atoms with Gasteiger partial charge in [0, 0.05) is 19.1 Å². The van der Waals surface area contributed by atoms with E-state index in [9.17, 15) is 4.79 Å². The molecule has 1 saturated carbocycles. The number of aromatic nitrogens is 3. The van der Waals surface area contributed by atoms with Crippen LogP contribution in [0.25, 0.3) is 0 Å². The van der Waals surface area contributed by atoms with Crippen molar-refractivity contribution in [1.82, 2.24) is 19.7 Å². The van der Waals surface area contributed by atoms with Crippen LogP contribution in [-0.4, -0.2) is 58.5 Å². The molecule has 1 aliphatic heterocycles. The number of carbonyl (C=O) groups is 1. The van der Waals surface area contributed by atoms with Crippen molar-refractivity contribution in [2.75, 3.05) is 26.9 Å². The Kier molecular flexibility index (Phi) is 6.34. The largest absolute Gasteiger partial charge is 0.497 e. The van der Waals surface area contributed by atoms with Crippen molar-refractivity contribution in [3.05, 3.63) is 41.5 Å². The zero-order valence-corrected chi connectivity index (χ0v) is 17.9. The van der Waals surface area contributed by atoms with E-state index in [1.807, 2.05) is 47.7 Å². The summed E-state index contributed by atoms with van der Waals surface area (Å²) in [6.45, 7) is 5.89. The molecule has 1 aromatic heterocycles. The minimum atomic E-state index is -0.383. The molecule has 0 N–H and O–H groups in total. The maximum Gasteiger partial charge on any atom is 0.249 e. The van der Waals surface area contributed by atoms with Gasteiger partial charge in [-0.25, -0.2) is 9.67 Å². The first kappa shape index (κ1) is 20.8. The molecule has 0 radical (unpaired) electrons. The van der Waals surface area contributed by atoms with Crippen LogP contribution in [0.5, 0.6) is 5.75 Å². The lowest BCUT2D eigenvalue weighted by atomic mass is 9.96. The van der Waals surface area contributed by atoms with Crippen LogP contribution in [0.3, 0.4) is 0 Å². The first-order chi connectivity index (χ1) is 14.7. The van der Waals surface area contributed by atoms with E-state index < -0.39 is 0 Å². The molecule has 8 nitrogen and oxygen atoms in total. The standard InChI is InChI=1S/C22H30N4O4/c1-4-18-23-22(25(24-18)12-13-29-5-2)21-20(15-6-10-17(28-3)11-7-15)26(16-8-9-16)19(27)14-30-21/h6-7,10-11,16,20-21H,4-5,8-9,12-14H2,1-3H3/t20-,21+/m1/s1. The molecule has 2 fully saturated rings. The summed E-state index contributed by atoms with van der Waals surface area (Å²) in [5.41, 5.74) is 1.01. The lowest BCUT2D eigenvalue weighted by molar-refractivity contribution is -0.160. The molecule has 2 heterocycles. The molecule has 1 saturated heterocycles. The molecule has 162 valence electrons. The third-order valence-electron chi connectivity index (χ3n) is 5.62. The number of benzene rings is 1. The lowest BCUT2D eigenvalue weighted by Crippen LogP contribution is -2.47. The van der Waals surface area contributed by atoms with Crippen LogP contribution in [-0.2, 0) is 27.2 Å². The van der Waals surface area contributed by atoms with Gasteiger partial charge >= 0.3 is 0 Å². The molecular weight excluding hydrogens is 384 g/mol.